The zero-order valence-electron chi connectivity index (χ0n) is 10.3. The Hall–Kier alpha value is -1.53. The Bertz CT molecular complexity index is 450. The summed E-state index contributed by atoms with van der Waals surface area (Å²) >= 11 is 0. The van der Waals surface area contributed by atoms with Gasteiger partial charge in [-0.2, -0.15) is 5.26 Å². The normalized spacial score (nSPS) is 22.6. The number of rotatable bonds is 3. The van der Waals surface area contributed by atoms with E-state index < -0.39 is 5.60 Å². The molecule has 1 atom stereocenters. The maximum atomic E-state index is 9.44. The first-order chi connectivity index (χ1) is 8.25. The Labute approximate surface area is 102 Å². The molecule has 1 unspecified atom stereocenters. The molecule has 1 aliphatic rings. The van der Waals surface area contributed by atoms with E-state index in [1.54, 1.807) is 7.11 Å². The Morgan fingerprint density at radius 3 is 2.94 bits per heavy atom. The highest BCUT2D eigenvalue weighted by molar-refractivity contribution is 5.43. The summed E-state index contributed by atoms with van der Waals surface area (Å²) in [6, 6.07) is 8.23. The first-order valence-corrected chi connectivity index (χ1v) is 5.98. The average Bonchev–Trinajstić information content (AvgIpc) is 2.38. The van der Waals surface area contributed by atoms with Crippen LogP contribution in [-0.4, -0.2) is 13.7 Å². The standard InChI is InChI=1S/C14H17NO2/c1-3-17-14(10-15)8-4-5-11-9-12(16-2)6-7-13(11)14/h6-7,9H,3-5,8H2,1-2H3. The summed E-state index contributed by atoms with van der Waals surface area (Å²) in [5.41, 5.74) is 1.42. The van der Waals surface area contributed by atoms with Gasteiger partial charge in [-0.25, -0.2) is 0 Å². The van der Waals surface area contributed by atoms with E-state index in [0.29, 0.717) is 6.61 Å². The highest BCUT2D eigenvalue weighted by Crippen LogP contribution is 2.39. The number of hydrogen-bond donors (Lipinski definition) is 0. The molecule has 0 radical (unpaired) electrons. The summed E-state index contributed by atoms with van der Waals surface area (Å²) in [5, 5.41) is 9.44. The lowest BCUT2D eigenvalue weighted by Crippen LogP contribution is -2.32. The molecule has 3 heteroatoms. The van der Waals surface area contributed by atoms with Crippen molar-refractivity contribution in [3.8, 4) is 11.8 Å². The van der Waals surface area contributed by atoms with Crippen molar-refractivity contribution in [1.82, 2.24) is 0 Å². The Morgan fingerprint density at radius 2 is 2.29 bits per heavy atom. The molecule has 0 saturated carbocycles. The molecule has 0 aliphatic heterocycles. The maximum absolute atomic E-state index is 9.44. The van der Waals surface area contributed by atoms with Crippen molar-refractivity contribution in [3.05, 3.63) is 29.3 Å². The second kappa shape index (κ2) is 4.77. The summed E-state index contributed by atoms with van der Waals surface area (Å²) in [6.07, 6.45) is 2.74. The summed E-state index contributed by atoms with van der Waals surface area (Å²) in [6.45, 7) is 2.48. The molecule has 0 bridgehead atoms. The van der Waals surface area contributed by atoms with Gasteiger partial charge >= 0.3 is 0 Å². The number of methoxy groups -OCH3 is 1. The SMILES string of the molecule is CCOC1(C#N)CCCc2cc(OC)ccc21. The molecule has 2 rings (SSSR count). The molecular formula is C14H17NO2. The van der Waals surface area contributed by atoms with Gasteiger partial charge in [0.15, 0.2) is 5.60 Å². The number of nitriles is 1. The molecule has 17 heavy (non-hydrogen) atoms. The topological polar surface area (TPSA) is 42.2 Å². The molecule has 0 amide bonds. The molecule has 0 heterocycles. The third kappa shape index (κ3) is 2.01. The fraction of sp³-hybridized carbons (Fsp3) is 0.500. The van der Waals surface area contributed by atoms with Gasteiger partial charge < -0.3 is 9.47 Å². The number of nitrogens with zero attached hydrogens (tertiary/aromatic N) is 1. The second-order valence-electron chi connectivity index (χ2n) is 4.25. The van der Waals surface area contributed by atoms with E-state index in [9.17, 15) is 5.26 Å². The fourth-order valence-electron chi connectivity index (χ4n) is 2.51. The lowest BCUT2D eigenvalue weighted by Gasteiger charge is -2.33. The van der Waals surface area contributed by atoms with Crippen LogP contribution in [0.25, 0.3) is 0 Å². The smallest absolute Gasteiger partial charge is 0.179 e. The van der Waals surface area contributed by atoms with E-state index in [4.69, 9.17) is 9.47 Å². The van der Waals surface area contributed by atoms with E-state index in [0.717, 1.165) is 30.6 Å². The Balaban J connectivity index is 2.47. The molecule has 90 valence electrons. The van der Waals surface area contributed by atoms with Crippen LogP contribution in [0.15, 0.2) is 18.2 Å². The van der Waals surface area contributed by atoms with Gasteiger partial charge in [-0.3, -0.25) is 0 Å². The van der Waals surface area contributed by atoms with Crippen molar-refractivity contribution in [2.45, 2.75) is 31.8 Å². The van der Waals surface area contributed by atoms with E-state index >= 15 is 0 Å². The number of benzene rings is 1. The molecule has 0 spiro atoms. The molecule has 0 aromatic heterocycles. The third-order valence-corrected chi connectivity index (χ3v) is 3.29. The van der Waals surface area contributed by atoms with Gasteiger partial charge in [0, 0.05) is 12.2 Å². The predicted molar refractivity (Wildman–Crippen MR) is 64.8 cm³/mol. The Morgan fingerprint density at radius 1 is 1.47 bits per heavy atom. The van der Waals surface area contributed by atoms with E-state index in [2.05, 4.69) is 6.07 Å². The monoisotopic (exact) mass is 231 g/mol. The summed E-state index contributed by atoms with van der Waals surface area (Å²) in [5.74, 6) is 0.842. The maximum Gasteiger partial charge on any atom is 0.179 e. The molecule has 1 aromatic carbocycles. The molecule has 0 fully saturated rings. The van der Waals surface area contributed by atoms with Crippen molar-refractivity contribution in [2.75, 3.05) is 13.7 Å². The predicted octanol–water partition coefficient (Wildman–Crippen LogP) is 2.79. The molecular weight excluding hydrogens is 214 g/mol. The number of fused-ring (bicyclic) bond motifs is 1. The van der Waals surface area contributed by atoms with Crippen molar-refractivity contribution in [3.63, 3.8) is 0 Å². The minimum atomic E-state index is -0.755. The van der Waals surface area contributed by atoms with Crippen LogP contribution in [0.2, 0.25) is 0 Å². The van der Waals surface area contributed by atoms with Gasteiger partial charge in [-0.1, -0.05) is 6.07 Å². The minimum absolute atomic E-state index is 0.555. The van der Waals surface area contributed by atoms with Crippen LogP contribution in [0.4, 0.5) is 0 Å². The highest BCUT2D eigenvalue weighted by Gasteiger charge is 2.37. The van der Waals surface area contributed by atoms with Crippen molar-refractivity contribution in [2.24, 2.45) is 0 Å². The number of ether oxygens (including phenoxy) is 2. The number of hydrogen-bond acceptors (Lipinski definition) is 3. The van der Waals surface area contributed by atoms with Crippen LogP contribution in [0.3, 0.4) is 0 Å². The van der Waals surface area contributed by atoms with Crippen LogP contribution in [0.5, 0.6) is 5.75 Å². The van der Waals surface area contributed by atoms with Crippen molar-refractivity contribution < 1.29 is 9.47 Å². The zero-order valence-corrected chi connectivity index (χ0v) is 10.3. The molecule has 1 aliphatic carbocycles. The van der Waals surface area contributed by atoms with Crippen molar-refractivity contribution >= 4 is 0 Å². The lowest BCUT2D eigenvalue weighted by molar-refractivity contribution is -0.0110. The van der Waals surface area contributed by atoms with Crippen LogP contribution >= 0.6 is 0 Å². The minimum Gasteiger partial charge on any atom is -0.497 e. The summed E-state index contributed by atoms with van der Waals surface area (Å²) in [4.78, 5) is 0. The number of aryl methyl sites for hydroxylation is 1. The van der Waals surface area contributed by atoms with Gasteiger partial charge in [-0.15, -0.1) is 0 Å². The molecule has 3 nitrogen and oxygen atoms in total. The van der Waals surface area contributed by atoms with Crippen LogP contribution in [0, 0.1) is 11.3 Å². The Kier molecular flexibility index (Phi) is 3.35. The summed E-state index contributed by atoms with van der Waals surface area (Å²) in [7, 11) is 1.66. The van der Waals surface area contributed by atoms with Gasteiger partial charge in [0.25, 0.3) is 0 Å². The van der Waals surface area contributed by atoms with Gasteiger partial charge in [-0.05, 0) is 43.9 Å². The average molecular weight is 231 g/mol. The van der Waals surface area contributed by atoms with Crippen LogP contribution in [-0.2, 0) is 16.8 Å². The lowest BCUT2D eigenvalue weighted by atomic mass is 9.79. The van der Waals surface area contributed by atoms with Crippen molar-refractivity contribution in [1.29, 1.82) is 5.26 Å². The van der Waals surface area contributed by atoms with E-state index in [1.165, 1.54) is 5.56 Å². The van der Waals surface area contributed by atoms with Gasteiger partial charge in [0.2, 0.25) is 0 Å². The summed E-state index contributed by atoms with van der Waals surface area (Å²) < 4.78 is 10.9. The third-order valence-electron chi connectivity index (χ3n) is 3.29. The first-order valence-electron chi connectivity index (χ1n) is 5.98. The molecule has 0 saturated heterocycles. The second-order valence-corrected chi connectivity index (χ2v) is 4.25. The van der Waals surface area contributed by atoms with Gasteiger partial charge in [0.05, 0.1) is 7.11 Å². The van der Waals surface area contributed by atoms with Gasteiger partial charge in [0.1, 0.15) is 11.8 Å². The quantitative estimate of drug-likeness (QED) is 0.803. The van der Waals surface area contributed by atoms with Crippen LogP contribution in [0.1, 0.15) is 30.9 Å². The fourth-order valence-corrected chi connectivity index (χ4v) is 2.51. The largest absolute Gasteiger partial charge is 0.497 e. The molecule has 1 aromatic rings. The van der Waals surface area contributed by atoms with Crippen LogP contribution < -0.4 is 4.74 Å². The zero-order chi connectivity index (χ0) is 12.3. The highest BCUT2D eigenvalue weighted by atomic mass is 16.5. The van der Waals surface area contributed by atoms with E-state index in [-0.39, 0.29) is 0 Å². The molecule has 0 N–H and O–H groups in total. The first kappa shape index (κ1) is 11.9. The van der Waals surface area contributed by atoms with E-state index in [1.807, 2.05) is 25.1 Å².